The summed E-state index contributed by atoms with van der Waals surface area (Å²) in [7, 11) is 0. The van der Waals surface area contributed by atoms with Gasteiger partial charge in [0, 0.05) is 5.41 Å². The zero-order chi connectivity index (χ0) is 9.86. The maximum absolute atomic E-state index is 5.66. The third kappa shape index (κ3) is 2.16. The van der Waals surface area contributed by atoms with Gasteiger partial charge in [-0.2, -0.15) is 0 Å². The quantitative estimate of drug-likeness (QED) is 0.625. The minimum absolute atomic E-state index is 0.171. The average Bonchev–Trinajstić information content (AvgIpc) is 2.62. The van der Waals surface area contributed by atoms with Crippen LogP contribution in [-0.4, -0.2) is 39.1 Å². The third-order valence-corrected chi connectivity index (χ3v) is 3.01. The minimum atomic E-state index is 0.171. The third-order valence-electron chi connectivity index (χ3n) is 3.01. The van der Waals surface area contributed by atoms with Crippen molar-refractivity contribution < 1.29 is 14.2 Å². The Balaban J connectivity index is 1.64. The lowest BCUT2D eigenvalue weighted by atomic mass is 9.84. The standard InChI is InChI=1S/C11H18O3/c1-2-11(8-13-9-11)7-12-6-10-4-3-5-14-10/h3-4,10H,2,5-9H2,1H3. The van der Waals surface area contributed by atoms with E-state index < -0.39 is 0 Å². The Morgan fingerprint density at radius 2 is 2.36 bits per heavy atom. The van der Waals surface area contributed by atoms with Crippen LogP contribution in [0.3, 0.4) is 0 Å². The molecule has 0 spiro atoms. The Hall–Kier alpha value is -0.380. The summed E-state index contributed by atoms with van der Waals surface area (Å²) in [5.41, 5.74) is 0.294. The zero-order valence-electron chi connectivity index (χ0n) is 8.70. The van der Waals surface area contributed by atoms with Gasteiger partial charge < -0.3 is 14.2 Å². The van der Waals surface area contributed by atoms with E-state index in [-0.39, 0.29) is 6.10 Å². The van der Waals surface area contributed by atoms with Crippen LogP contribution < -0.4 is 0 Å². The first-order valence-electron chi connectivity index (χ1n) is 5.28. The van der Waals surface area contributed by atoms with Gasteiger partial charge in [-0.3, -0.25) is 0 Å². The second-order valence-corrected chi connectivity index (χ2v) is 4.16. The zero-order valence-corrected chi connectivity index (χ0v) is 8.70. The molecule has 0 aliphatic carbocycles. The van der Waals surface area contributed by atoms with Crippen LogP contribution in [-0.2, 0) is 14.2 Å². The predicted molar refractivity (Wildman–Crippen MR) is 53.2 cm³/mol. The van der Waals surface area contributed by atoms with Crippen LogP contribution in [0.2, 0.25) is 0 Å². The van der Waals surface area contributed by atoms with Crippen LogP contribution in [0.15, 0.2) is 12.2 Å². The van der Waals surface area contributed by atoms with Crippen molar-refractivity contribution in [2.24, 2.45) is 5.41 Å². The molecule has 0 saturated carbocycles. The summed E-state index contributed by atoms with van der Waals surface area (Å²) in [6, 6.07) is 0. The van der Waals surface area contributed by atoms with Crippen molar-refractivity contribution in [2.75, 3.05) is 33.0 Å². The highest BCUT2D eigenvalue weighted by molar-refractivity contribution is 4.95. The van der Waals surface area contributed by atoms with Gasteiger partial charge in [0.15, 0.2) is 0 Å². The molecule has 3 nitrogen and oxygen atoms in total. The molecule has 2 rings (SSSR count). The van der Waals surface area contributed by atoms with Gasteiger partial charge >= 0.3 is 0 Å². The summed E-state index contributed by atoms with van der Waals surface area (Å²) >= 11 is 0. The molecule has 0 amide bonds. The van der Waals surface area contributed by atoms with Gasteiger partial charge in [0.25, 0.3) is 0 Å². The minimum Gasteiger partial charge on any atom is -0.380 e. The molecule has 0 radical (unpaired) electrons. The van der Waals surface area contributed by atoms with Crippen molar-refractivity contribution in [2.45, 2.75) is 19.4 Å². The lowest BCUT2D eigenvalue weighted by Gasteiger charge is -2.40. The van der Waals surface area contributed by atoms with E-state index >= 15 is 0 Å². The van der Waals surface area contributed by atoms with Crippen LogP contribution >= 0.6 is 0 Å². The smallest absolute Gasteiger partial charge is 0.0994 e. The summed E-state index contributed by atoms with van der Waals surface area (Å²) in [4.78, 5) is 0. The number of rotatable bonds is 5. The van der Waals surface area contributed by atoms with Crippen molar-refractivity contribution in [3.05, 3.63) is 12.2 Å². The molecule has 0 bridgehead atoms. The molecule has 1 fully saturated rings. The molecule has 1 unspecified atom stereocenters. The van der Waals surface area contributed by atoms with Gasteiger partial charge in [0.2, 0.25) is 0 Å². The maximum Gasteiger partial charge on any atom is 0.0994 e. The van der Waals surface area contributed by atoms with Crippen LogP contribution in [0.4, 0.5) is 0 Å². The highest BCUT2D eigenvalue weighted by Gasteiger charge is 2.37. The van der Waals surface area contributed by atoms with E-state index in [4.69, 9.17) is 14.2 Å². The van der Waals surface area contributed by atoms with Crippen LogP contribution in [0.25, 0.3) is 0 Å². The summed E-state index contributed by atoms with van der Waals surface area (Å²) in [5, 5.41) is 0. The van der Waals surface area contributed by atoms with Gasteiger partial charge in [-0.1, -0.05) is 19.1 Å². The van der Waals surface area contributed by atoms with Gasteiger partial charge in [0.1, 0.15) is 0 Å². The first-order valence-corrected chi connectivity index (χ1v) is 5.28. The number of hydrogen-bond acceptors (Lipinski definition) is 3. The molecule has 2 aliphatic heterocycles. The number of ether oxygens (including phenoxy) is 3. The second-order valence-electron chi connectivity index (χ2n) is 4.16. The van der Waals surface area contributed by atoms with Crippen molar-refractivity contribution in [3.8, 4) is 0 Å². The Bertz CT molecular complexity index is 203. The molecule has 2 heterocycles. The van der Waals surface area contributed by atoms with Gasteiger partial charge in [0.05, 0.1) is 39.1 Å². The molecule has 0 aromatic rings. The van der Waals surface area contributed by atoms with Gasteiger partial charge in [-0.05, 0) is 6.42 Å². The van der Waals surface area contributed by atoms with E-state index in [9.17, 15) is 0 Å². The maximum atomic E-state index is 5.66. The Morgan fingerprint density at radius 1 is 1.50 bits per heavy atom. The van der Waals surface area contributed by atoms with E-state index in [1.807, 2.05) is 6.08 Å². The van der Waals surface area contributed by atoms with Crippen molar-refractivity contribution in [3.63, 3.8) is 0 Å². The molecule has 0 aromatic heterocycles. The van der Waals surface area contributed by atoms with Crippen LogP contribution in [0, 0.1) is 5.41 Å². The molecule has 14 heavy (non-hydrogen) atoms. The van der Waals surface area contributed by atoms with Gasteiger partial charge in [-0.25, -0.2) is 0 Å². The number of hydrogen-bond donors (Lipinski definition) is 0. The molecule has 2 aliphatic rings. The fourth-order valence-electron chi connectivity index (χ4n) is 1.72. The molecule has 0 aromatic carbocycles. The molecule has 1 saturated heterocycles. The Kier molecular flexibility index (Phi) is 3.21. The Morgan fingerprint density at radius 3 is 2.86 bits per heavy atom. The van der Waals surface area contributed by atoms with E-state index in [2.05, 4.69) is 13.0 Å². The van der Waals surface area contributed by atoms with Crippen molar-refractivity contribution in [1.82, 2.24) is 0 Å². The first-order chi connectivity index (χ1) is 6.85. The van der Waals surface area contributed by atoms with Crippen molar-refractivity contribution in [1.29, 1.82) is 0 Å². The summed E-state index contributed by atoms with van der Waals surface area (Å²) in [6.07, 6.45) is 5.41. The van der Waals surface area contributed by atoms with Crippen molar-refractivity contribution >= 4 is 0 Å². The van der Waals surface area contributed by atoms with E-state index in [0.717, 1.165) is 32.8 Å². The lowest BCUT2D eigenvalue weighted by molar-refractivity contribution is -0.154. The normalized spacial score (nSPS) is 29.1. The summed E-state index contributed by atoms with van der Waals surface area (Å²) in [5.74, 6) is 0. The molecular formula is C11H18O3. The van der Waals surface area contributed by atoms with Crippen LogP contribution in [0.1, 0.15) is 13.3 Å². The highest BCUT2D eigenvalue weighted by Crippen LogP contribution is 2.31. The first kappa shape index (κ1) is 10.1. The molecule has 3 heteroatoms. The summed E-state index contributed by atoms with van der Waals surface area (Å²) in [6.45, 7) is 6.11. The Labute approximate surface area is 85.0 Å². The molecule has 80 valence electrons. The largest absolute Gasteiger partial charge is 0.380 e. The van der Waals surface area contributed by atoms with E-state index in [0.29, 0.717) is 12.0 Å². The molecular weight excluding hydrogens is 180 g/mol. The molecule has 1 atom stereocenters. The highest BCUT2D eigenvalue weighted by atomic mass is 16.5. The monoisotopic (exact) mass is 198 g/mol. The second kappa shape index (κ2) is 4.43. The predicted octanol–water partition coefficient (Wildman–Crippen LogP) is 1.38. The van der Waals surface area contributed by atoms with Crippen LogP contribution in [0.5, 0.6) is 0 Å². The van der Waals surface area contributed by atoms with Gasteiger partial charge in [-0.15, -0.1) is 0 Å². The molecule has 0 N–H and O–H groups in total. The fraction of sp³-hybridized carbons (Fsp3) is 0.818. The van der Waals surface area contributed by atoms with E-state index in [1.165, 1.54) is 0 Å². The van der Waals surface area contributed by atoms with E-state index in [1.54, 1.807) is 0 Å². The average molecular weight is 198 g/mol. The lowest BCUT2D eigenvalue weighted by Crippen LogP contribution is -2.46. The topological polar surface area (TPSA) is 27.7 Å². The summed E-state index contributed by atoms with van der Waals surface area (Å²) < 4.78 is 16.3. The SMILES string of the molecule is CCC1(COCC2C=CCO2)COC1. The fourth-order valence-corrected chi connectivity index (χ4v) is 1.72.